The highest BCUT2D eigenvalue weighted by Gasteiger charge is 2.05. The molecule has 0 radical (unpaired) electrons. The van der Waals surface area contributed by atoms with E-state index in [1.165, 1.54) is 12.3 Å². The summed E-state index contributed by atoms with van der Waals surface area (Å²) >= 11 is 11.6. The summed E-state index contributed by atoms with van der Waals surface area (Å²) in [5.41, 5.74) is 1.33. The van der Waals surface area contributed by atoms with Gasteiger partial charge in [-0.25, -0.2) is 4.79 Å². The lowest BCUT2D eigenvalue weighted by Gasteiger charge is -2.04. The van der Waals surface area contributed by atoms with Gasteiger partial charge in [0, 0.05) is 5.69 Å². The summed E-state index contributed by atoms with van der Waals surface area (Å²) in [5, 5.41) is 9.24. The zero-order valence-electron chi connectivity index (χ0n) is 13.0. The third-order valence-electron chi connectivity index (χ3n) is 2.97. The molecular weight excluding hydrogens is 365 g/mol. The second-order valence-corrected chi connectivity index (χ2v) is 5.70. The van der Waals surface area contributed by atoms with E-state index in [9.17, 15) is 9.59 Å². The van der Waals surface area contributed by atoms with Crippen LogP contribution in [0.25, 0.3) is 0 Å². The predicted molar refractivity (Wildman–Crippen MR) is 98.2 cm³/mol. The summed E-state index contributed by atoms with van der Waals surface area (Å²) in [6, 6.07) is 13.9. The number of amides is 2. The molecule has 0 atom stereocenters. The van der Waals surface area contributed by atoms with E-state index in [0.29, 0.717) is 15.7 Å². The number of hydrogen-bond acceptors (Lipinski definition) is 4. The van der Waals surface area contributed by atoms with E-state index in [0.717, 1.165) is 5.56 Å². The molecule has 0 unspecified atom stereocenters. The minimum atomic E-state index is -0.787. The number of halogens is 2. The van der Waals surface area contributed by atoms with E-state index in [2.05, 4.69) is 20.6 Å². The number of oxime groups is 1. The van der Waals surface area contributed by atoms with E-state index in [1.54, 1.807) is 12.1 Å². The van der Waals surface area contributed by atoms with Crippen LogP contribution in [0.5, 0.6) is 0 Å². The topological polar surface area (TPSA) is 79.8 Å². The Balaban J connectivity index is 1.67. The van der Waals surface area contributed by atoms with Gasteiger partial charge in [0.15, 0.2) is 0 Å². The van der Waals surface area contributed by atoms with Crippen molar-refractivity contribution in [1.82, 2.24) is 5.32 Å². The van der Waals surface area contributed by atoms with Crippen molar-refractivity contribution in [3.8, 4) is 0 Å². The molecule has 0 aliphatic rings. The molecule has 2 aromatic rings. The summed E-state index contributed by atoms with van der Waals surface area (Å²) in [6.07, 6.45) is 0.759. The Morgan fingerprint density at radius 2 is 1.84 bits per heavy atom. The summed E-state index contributed by atoms with van der Waals surface area (Å²) in [6.45, 7) is 0.145. The number of carbonyl (C=O) groups is 2. The van der Waals surface area contributed by atoms with E-state index >= 15 is 0 Å². The average molecular weight is 380 g/mol. The van der Waals surface area contributed by atoms with Crippen LogP contribution in [-0.2, 0) is 16.1 Å². The summed E-state index contributed by atoms with van der Waals surface area (Å²) in [5.74, 6) is -0.155. The van der Waals surface area contributed by atoms with Gasteiger partial charge in [0.25, 0.3) is 0 Å². The van der Waals surface area contributed by atoms with E-state index in [1.807, 2.05) is 30.3 Å². The maximum absolute atomic E-state index is 11.7. The average Bonchev–Trinajstić information content (AvgIpc) is 2.59. The Labute approximate surface area is 154 Å². The Morgan fingerprint density at radius 1 is 1.08 bits per heavy atom. The van der Waals surface area contributed by atoms with Crippen molar-refractivity contribution < 1.29 is 14.4 Å². The van der Waals surface area contributed by atoms with Gasteiger partial charge in [-0.3, -0.25) is 14.9 Å². The molecule has 0 aliphatic carbocycles. The van der Waals surface area contributed by atoms with Crippen molar-refractivity contribution >= 4 is 47.1 Å². The fourth-order valence-corrected chi connectivity index (χ4v) is 2.14. The number of rotatable bonds is 6. The maximum Gasteiger partial charge on any atom is 0.437 e. The molecular formula is C17H15Cl2N3O3. The molecule has 0 aliphatic heterocycles. The van der Waals surface area contributed by atoms with Crippen molar-refractivity contribution in [2.24, 2.45) is 5.16 Å². The van der Waals surface area contributed by atoms with Crippen LogP contribution < -0.4 is 10.6 Å². The van der Waals surface area contributed by atoms with Gasteiger partial charge in [0.05, 0.1) is 29.2 Å². The minimum Gasteiger partial charge on any atom is -0.351 e. The van der Waals surface area contributed by atoms with Gasteiger partial charge in [-0.05, 0) is 23.8 Å². The number of nitrogens with one attached hydrogen (secondary N) is 2. The molecule has 6 nitrogen and oxygen atoms in total. The number of hydrogen-bond donors (Lipinski definition) is 2. The molecule has 0 aromatic heterocycles. The Hall–Kier alpha value is -2.57. The molecule has 2 N–H and O–H groups in total. The van der Waals surface area contributed by atoms with Gasteiger partial charge in [0.2, 0.25) is 5.91 Å². The minimum absolute atomic E-state index is 0.145. The first-order valence-electron chi connectivity index (χ1n) is 7.30. The second kappa shape index (κ2) is 9.66. The van der Waals surface area contributed by atoms with Crippen LogP contribution in [0.3, 0.4) is 0 Å². The van der Waals surface area contributed by atoms with Gasteiger partial charge in [-0.2, -0.15) is 0 Å². The SMILES string of the molecule is O=C(Cc1ccccc1)NC/C=N/OC(=O)Nc1ccc(Cl)c(Cl)c1. The lowest BCUT2D eigenvalue weighted by atomic mass is 10.1. The van der Waals surface area contributed by atoms with Crippen LogP contribution in [0.4, 0.5) is 10.5 Å². The number of benzene rings is 2. The van der Waals surface area contributed by atoms with Gasteiger partial charge in [0.1, 0.15) is 0 Å². The highest BCUT2D eigenvalue weighted by molar-refractivity contribution is 6.42. The normalized spacial score (nSPS) is 10.5. The first-order valence-corrected chi connectivity index (χ1v) is 8.05. The molecule has 0 fully saturated rings. The molecule has 0 heterocycles. The third-order valence-corrected chi connectivity index (χ3v) is 3.71. The van der Waals surface area contributed by atoms with E-state index in [-0.39, 0.29) is 18.9 Å². The zero-order valence-corrected chi connectivity index (χ0v) is 14.6. The first-order chi connectivity index (χ1) is 12.0. The highest BCUT2D eigenvalue weighted by Crippen LogP contribution is 2.24. The Kier molecular flexibility index (Phi) is 7.25. The monoisotopic (exact) mass is 379 g/mol. The van der Waals surface area contributed by atoms with Crippen LogP contribution in [-0.4, -0.2) is 24.8 Å². The summed E-state index contributed by atoms with van der Waals surface area (Å²) in [4.78, 5) is 27.8. The Morgan fingerprint density at radius 3 is 2.56 bits per heavy atom. The molecule has 2 amide bonds. The number of nitrogens with zero attached hydrogens (tertiary/aromatic N) is 1. The molecule has 0 bridgehead atoms. The van der Waals surface area contributed by atoms with Crippen LogP contribution >= 0.6 is 23.2 Å². The standard InChI is InChI=1S/C17H15Cl2N3O3/c18-14-7-6-13(11-15(14)19)22-17(24)25-21-9-8-20-16(23)10-12-4-2-1-3-5-12/h1-7,9,11H,8,10H2,(H,20,23)(H,22,24)/b21-9+. The molecule has 130 valence electrons. The summed E-state index contributed by atoms with van der Waals surface area (Å²) < 4.78 is 0. The molecule has 2 aromatic carbocycles. The lowest BCUT2D eigenvalue weighted by molar-refractivity contribution is -0.120. The van der Waals surface area contributed by atoms with Gasteiger partial charge in [-0.1, -0.05) is 58.7 Å². The van der Waals surface area contributed by atoms with E-state index < -0.39 is 6.09 Å². The fraction of sp³-hybridized carbons (Fsp3) is 0.118. The summed E-state index contributed by atoms with van der Waals surface area (Å²) in [7, 11) is 0. The van der Waals surface area contributed by atoms with Gasteiger partial charge >= 0.3 is 6.09 Å². The van der Waals surface area contributed by atoms with Crippen molar-refractivity contribution in [1.29, 1.82) is 0 Å². The van der Waals surface area contributed by atoms with Crippen LogP contribution in [0.15, 0.2) is 53.7 Å². The predicted octanol–water partition coefficient (Wildman–Crippen LogP) is 3.89. The number of anilines is 1. The quantitative estimate of drug-likeness (QED) is 0.453. The molecule has 25 heavy (non-hydrogen) atoms. The maximum atomic E-state index is 11.7. The largest absolute Gasteiger partial charge is 0.437 e. The first kappa shape index (κ1) is 18.8. The molecule has 0 saturated heterocycles. The van der Waals surface area contributed by atoms with Crippen molar-refractivity contribution in [3.05, 3.63) is 64.1 Å². The number of carbonyl (C=O) groups excluding carboxylic acids is 2. The zero-order chi connectivity index (χ0) is 18.1. The third kappa shape index (κ3) is 6.82. The van der Waals surface area contributed by atoms with E-state index in [4.69, 9.17) is 23.2 Å². The highest BCUT2D eigenvalue weighted by atomic mass is 35.5. The van der Waals surface area contributed by atoms with Gasteiger partial charge < -0.3 is 5.32 Å². The molecule has 0 spiro atoms. The van der Waals surface area contributed by atoms with Crippen LogP contribution in [0, 0.1) is 0 Å². The lowest BCUT2D eigenvalue weighted by Crippen LogP contribution is -2.26. The van der Waals surface area contributed by atoms with Crippen molar-refractivity contribution in [3.63, 3.8) is 0 Å². The molecule has 0 saturated carbocycles. The second-order valence-electron chi connectivity index (χ2n) is 4.89. The fourth-order valence-electron chi connectivity index (χ4n) is 1.84. The Bertz CT molecular complexity index is 767. The molecule has 8 heteroatoms. The smallest absolute Gasteiger partial charge is 0.351 e. The van der Waals surface area contributed by atoms with Crippen LogP contribution in [0.2, 0.25) is 10.0 Å². The van der Waals surface area contributed by atoms with Crippen molar-refractivity contribution in [2.75, 3.05) is 11.9 Å². The van der Waals surface area contributed by atoms with Gasteiger partial charge in [-0.15, -0.1) is 0 Å². The van der Waals surface area contributed by atoms with Crippen LogP contribution in [0.1, 0.15) is 5.56 Å². The molecule has 2 rings (SSSR count). The van der Waals surface area contributed by atoms with Crippen molar-refractivity contribution in [2.45, 2.75) is 6.42 Å².